The fourth-order valence-corrected chi connectivity index (χ4v) is 4.47. The van der Waals surface area contributed by atoms with Crippen LogP contribution in [0.5, 0.6) is 0 Å². The van der Waals surface area contributed by atoms with Crippen LogP contribution in [0.1, 0.15) is 58.4 Å². The first kappa shape index (κ1) is 23.6. The number of carbonyl (C=O) groups is 2. The highest BCUT2D eigenvalue weighted by Gasteiger charge is 2.28. The van der Waals surface area contributed by atoms with Crippen molar-refractivity contribution in [1.29, 1.82) is 0 Å². The van der Waals surface area contributed by atoms with Gasteiger partial charge in [-0.3, -0.25) is 4.79 Å². The molecule has 0 aliphatic carbocycles. The van der Waals surface area contributed by atoms with E-state index in [1.165, 1.54) is 0 Å². The van der Waals surface area contributed by atoms with Gasteiger partial charge in [0.2, 0.25) is 0 Å². The standard InChI is InChI=1S/C25H38N2O4/c1-25(2,3)31-23(28)17-20-9-13-26(14-10-20)18-21-11-15-27(16-12-21)24(29)30-19-22-7-5-4-6-8-22/h4-8,20-21H,9-19H2,1-3H3. The molecule has 172 valence electrons. The fraction of sp³-hybridized carbons (Fsp3) is 0.680. The number of carbonyl (C=O) groups excluding carboxylic acids is 2. The van der Waals surface area contributed by atoms with Crippen LogP contribution >= 0.6 is 0 Å². The molecule has 0 spiro atoms. The number of esters is 1. The Labute approximate surface area is 186 Å². The van der Waals surface area contributed by atoms with Gasteiger partial charge in [-0.05, 0) is 76.9 Å². The fourth-order valence-electron chi connectivity index (χ4n) is 4.47. The lowest BCUT2D eigenvalue weighted by Gasteiger charge is -2.37. The molecule has 1 amide bonds. The summed E-state index contributed by atoms with van der Waals surface area (Å²) in [6, 6.07) is 9.80. The number of amides is 1. The molecule has 3 rings (SSSR count). The molecule has 2 aliphatic heterocycles. The van der Waals surface area contributed by atoms with E-state index in [0.29, 0.717) is 24.9 Å². The summed E-state index contributed by atoms with van der Waals surface area (Å²) in [7, 11) is 0. The average Bonchev–Trinajstić information content (AvgIpc) is 2.73. The van der Waals surface area contributed by atoms with Crippen molar-refractivity contribution < 1.29 is 19.1 Å². The lowest BCUT2D eigenvalue weighted by atomic mass is 9.91. The summed E-state index contributed by atoms with van der Waals surface area (Å²) >= 11 is 0. The number of likely N-dealkylation sites (tertiary alicyclic amines) is 2. The van der Waals surface area contributed by atoms with Crippen LogP contribution in [0.25, 0.3) is 0 Å². The molecular weight excluding hydrogens is 392 g/mol. The Balaban J connectivity index is 1.31. The zero-order valence-electron chi connectivity index (χ0n) is 19.3. The summed E-state index contributed by atoms with van der Waals surface area (Å²) in [5.41, 5.74) is 0.612. The van der Waals surface area contributed by atoms with Crippen molar-refractivity contribution in [3.63, 3.8) is 0 Å². The highest BCUT2D eigenvalue weighted by molar-refractivity contribution is 5.70. The number of piperidine rings is 2. The second kappa shape index (κ2) is 11.0. The van der Waals surface area contributed by atoms with Crippen molar-refractivity contribution in [1.82, 2.24) is 9.80 Å². The van der Waals surface area contributed by atoms with Crippen molar-refractivity contribution in [3.05, 3.63) is 35.9 Å². The summed E-state index contributed by atoms with van der Waals surface area (Å²) in [5, 5.41) is 0. The van der Waals surface area contributed by atoms with E-state index in [4.69, 9.17) is 9.47 Å². The van der Waals surface area contributed by atoms with Crippen LogP contribution in [0.2, 0.25) is 0 Å². The maximum atomic E-state index is 12.3. The second-order valence-electron chi connectivity index (χ2n) is 10.0. The minimum Gasteiger partial charge on any atom is -0.460 e. The Morgan fingerprint density at radius 3 is 2.16 bits per heavy atom. The van der Waals surface area contributed by atoms with Crippen molar-refractivity contribution >= 4 is 12.1 Å². The van der Waals surface area contributed by atoms with E-state index in [1.807, 2.05) is 56.0 Å². The summed E-state index contributed by atoms with van der Waals surface area (Å²) in [4.78, 5) is 28.8. The number of benzene rings is 1. The number of hydrogen-bond acceptors (Lipinski definition) is 5. The van der Waals surface area contributed by atoms with E-state index in [2.05, 4.69) is 4.90 Å². The van der Waals surface area contributed by atoms with Crippen LogP contribution in [-0.2, 0) is 20.9 Å². The van der Waals surface area contributed by atoms with E-state index in [9.17, 15) is 9.59 Å². The summed E-state index contributed by atoms with van der Waals surface area (Å²) in [6.45, 7) is 10.8. The average molecular weight is 431 g/mol. The molecule has 6 heteroatoms. The largest absolute Gasteiger partial charge is 0.460 e. The molecule has 1 aromatic rings. The topological polar surface area (TPSA) is 59.1 Å². The SMILES string of the molecule is CC(C)(C)OC(=O)CC1CCN(CC2CCN(C(=O)OCc3ccccc3)CC2)CC1. The molecule has 2 fully saturated rings. The summed E-state index contributed by atoms with van der Waals surface area (Å²) < 4.78 is 10.9. The molecule has 0 bridgehead atoms. The number of rotatable bonds is 6. The molecule has 0 saturated carbocycles. The summed E-state index contributed by atoms with van der Waals surface area (Å²) in [6.07, 6.45) is 4.50. The first-order valence-corrected chi connectivity index (χ1v) is 11.7. The predicted octanol–water partition coefficient (Wildman–Crippen LogP) is 4.48. The zero-order chi connectivity index (χ0) is 22.3. The molecule has 2 aliphatic rings. The Hall–Kier alpha value is -2.08. The maximum absolute atomic E-state index is 12.3. The molecule has 0 unspecified atom stereocenters. The third-order valence-corrected chi connectivity index (χ3v) is 6.18. The van der Waals surface area contributed by atoms with E-state index >= 15 is 0 Å². The van der Waals surface area contributed by atoms with Gasteiger partial charge in [-0.25, -0.2) is 4.79 Å². The Kier molecular flexibility index (Phi) is 8.35. The molecule has 2 heterocycles. The highest BCUT2D eigenvalue weighted by atomic mass is 16.6. The number of nitrogens with zero attached hydrogens (tertiary/aromatic N) is 2. The lowest BCUT2D eigenvalue weighted by Crippen LogP contribution is -2.43. The van der Waals surface area contributed by atoms with Gasteiger partial charge in [0.05, 0.1) is 0 Å². The molecule has 0 N–H and O–H groups in total. The second-order valence-corrected chi connectivity index (χ2v) is 10.0. The highest BCUT2D eigenvalue weighted by Crippen LogP contribution is 2.25. The van der Waals surface area contributed by atoms with Gasteiger partial charge in [0, 0.05) is 26.1 Å². The van der Waals surface area contributed by atoms with Gasteiger partial charge in [0.1, 0.15) is 12.2 Å². The maximum Gasteiger partial charge on any atom is 0.410 e. The smallest absolute Gasteiger partial charge is 0.410 e. The van der Waals surface area contributed by atoms with Crippen LogP contribution in [-0.4, -0.2) is 60.2 Å². The van der Waals surface area contributed by atoms with Gasteiger partial charge in [0.25, 0.3) is 0 Å². The van der Waals surface area contributed by atoms with Gasteiger partial charge in [-0.2, -0.15) is 0 Å². The van der Waals surface area contributed by atoms with E-state index < -0.39 is 5.60 Å². The van der Waals surface area contributed by atoms with Crippen molar-refractivity contribution in [2.75, 3.05) is 32.7 Å². The number of ether oxygens (including phenoxy) is 2. The van der Waals surface area contributed by atoms with Crippen LogP contribution in [0.4, 0.5) is 4.79 Å². The van der Waals surface area contributed by atoms with Gasteiger partial charge >= 0.3 is 12.1 Å². The quantitative estimate of drug-likeness (QED) is 0.623. The molecule has 0 atom stereocenters. The Morgan fingerprint density at radius 2 is 1.55 bits per heavy atom. The van der Waals surface area contributed by atoms with Gasteiger partial charge < -0.3 is 19.3 Å². The van der Waals surface area contributed by atoms with Gasteiger partial charge in [0.15, 0.2) is 0 Å². The van der Waals surface area contributed by atoms with Crippen LogP contribution in [0.3, 0.4) is 0 Å². The van der Waals surface area contributed by atoms with Crippen molar-refractivity contribution in [2.24, 2.45) is 11.8 Å². The molecular formula is C25H38N2O4. The monoisotopic (exact) mass is 430 g/mol. The van der Waals surface area contributed by atoms with E-state index in [-0.39, 0.29) is 12.1 Å². The van der Waals surface area contributed by atoms with Gasteiger partial charge in [-0.15, -0.1) is 0 Å². The molecule has 0 aromatic heterocycles. The van der Waals surface area contributed by atoms with Crippen LogP contribution in [0.15, 0.2) is 30.3 Å². The summed E-state index contributed by atoms with van der Waals surface area (Å²) in [5.74, 6) is 0.991. The Bertz CT molecular complexity index is 700. The van der Waals surface area contributed by atoms with E-state index in [1.54, 1.807) is 0 Å². The van der Waals surface area contributed by atoms with Crippen LogP contribution in [0, 0.1) is 11.8 Å². The number of hydrogen-bond donors (Lipinski definition) is 0. The van der Waals surface area contributed by atoms with Crippen molar-refractivity contribution in [2.45, 2.75) is 65.1 Å². The van der Waals surface area contributed by atoms with Crippen LogP contribution < -0.4 is 0 Å². The van der Waals surface area contributed by atoms with Gasteiger partial charge in [-0.1, -0.05) is 30.3 Å². The zero-order valence-corrected chi connectivity index (χ0v) is 19.3. The third-order valence-electron chi connectivity index (χ3n) is 6.18. The molecule has 2 saturated heterocycles. The first-order valence-electron chi connectivity index (χ1n) is 11.7. The molecule has 6 nitrogen and oxygen atoms in total. The van der Waals surface area contributed by atoms with Crippen molar-refractivity contribution in [3.8, 4) is 0 Å². The normalized spacial score (nSPS) is 19.3. The molecule has 0 radical (unpaired) electrons. The van der Waals surface area contributed by atoms with E-state index in [0.717, 1.165) is 64.0 Å². The minimum absolute atomic E-state index is 0.0718. The molecule has 31 heavy (non-hydrogen) atoms. The minimum atomic E-state index is -0.402. The first-order chi connectivity index (χ1) is 14.8. The Morgan fingerprint density at radius 1 is 0.935 bits per heavy atom. The third kappa shape index (κ3) is 8.17. The lowest BCUT2D eigenvalue weighted by molar-refractivity contribution is -0.156. The predicted molar refractivity (Wildman–Crippen MR) is 121 cm³/mol. The molecule has 1 aromatic carbocycles.